The van der Waals surface area contributed by atoms with E-state index in [9.17, 15) is 0 Å². The Labute approximate surface area is 123 Å². The maximum atomic E-state index is 5.57. The Morgan fingerprint density at radius 1 is 1.11 bits per heavy atom. The molecule has 0 spiro atoms. The molecule has 2 unspecified atom stereocenters. The first kappa shape index (κ1) is 16.0. The number of nitrogens with zero attached hydrogens (tertiary/aromatic N) is 1. The first-order valence-electron chi connectivity index (χ1n) is 7.20. The van der Waals surface area contributed by atoms with Crippen molar-refractivity contribution in [2.75, 3.05) is 0 Å². The van der Waals surface area contributed by atoms with Gasteiger partial charge < -0.3 is 10.2 Å². The molecule has 0 aliphatic carbocycles. The molecule has 3 heteroatoms. The molecule has 1 aromatic carbocycles. The summed E-state index contributed by atoms with van der Waals surface area (Å²) in [5.74, 6) is 0. The van der Waals surface area contributed by atoms with Crippen LogP contribution >= 0.6 is 12.2 Å². The van der Waals surface area contributed by atoms with E-state index in [4.69, 9.17) is 12.2 Å². The third-order valence-corrected chi connectivity index (χ3v) is 4.01. The third kappa shape index (κ3) is 4.83. The Bertz CT molecular complexity index is 368. The third-order valence-electron chi connectivity index (χ3n) is 3.65. The first-order valence-corrected chi connectivity index (χ1v) is 7.61. The van der Waals surface area contributed by atoms with E-state index in [1.54, 1.807) is 0 Å². The number of hydrogen-bond acceptors (Lipinski definition) is 1. The second-order valence-electron chi connectivity index (χ2n) is 5.07. The van der Waals surface area contributed by atoms with Gasteiger partial charge in [0.1, 0.15) is 0 Å². The molecule has 1 N–H and O–H groups in total. The van der Waals surface area contributed by atoms with Gasteiger partial charge in [0.15, 0.2) is 5.11 Å². The van der Waals surface area contributed by atoms with Crippen LogP contribution in [0.15, 0.2) is 30.3 Å². The second kappa shape index (κ2) is 8.16. The Balaban J connectivity index is 2.62. The molecule has 0 aromatic heterocycles. The Morgan fingerprint density at radius 3 is 2.11 bits per heavy atom. The van der Waals surface area contributed by atoms with Crippen LogP contribution in [0.25, 0.3) is 0 Å². The largest absolute Gasteiger partial charge is 0.358 e. The lowest BCUT2D eigenvalue weighted by Gasteiger charge is -2.36. The molecule has 1 rings (SSSR count). The summed E-state index contributed by atoms with van der Waals surface area (Å²) in [6.07, 6.45) is 2.22. The van der Waals surface area contributed by atoms with E-state index in [-0.39, 0.29) is 0 Å². The number of nitrogens with one attached hydrogen (secondary N) is 1. The Kier molecular flexibility index (Phi) is 6.85. The van der Waals surface area contributed by atoms with Crippen molar-refractivity contribution >= 4 is 17.3 Å². The Morgan fingerprint density at radius 2 is 1.63 bits per heavy atom. The minimum Gasteiger partial charge on any atom is -0.358 e. The van der Waals surface area contributed by atoms with E-state index in [1.165, 1.54) is 5.56 Å². The van der Waals surface area contributed by atoms with E-state index in [0.717, 1.165) is 24.5 Å². The molecule has 19 heavy (non-hydrogen) atoms. The molecular weight excluding hydrogens is 252 g/mol. The van der Waals surface area contributed by atoms with E-state index >= 15 is 0 Å². The highest BCUT2D eigenvalue weighted by Gasteiger charge is 2.20. The average molecular weight is 278 g/mol. The topological polar surface area (TPSA) is 15.3 Å². The van der Waals surface area contributed by atoms with Crippen molar-refractivity contribution in [2.45, 2.75) is 59.2 Å². The summed E-state index contributed by atoms with van der Waals surface area (Å²) in [7, 11) is 0. The van der Waals surface area contributed by atoms with Crippen LogP contribution in [-0.2, 0) is 6.54 Å². The van der Waals surface area contributed by atoms with Crippen LogP contribution in [0.4, 0.5) is 0 Å². The molecule has 0 radical (unpaired) electrons. The second-order valence-corrected chi connectivity index (χ2v) is 5.45. The lowest BCUT2D eigenvalue weighted by molar-refractivity contribution is 0.247. The van der Waals surface area contributed by atoms with Gasteiger partial charge >= 0.3 is 0 Å². The van der Waals surface area contributed by atoms with Gasteiger partial charge in [-0.1, -0.05) is 44.2 Å². The minimum atomic E-state index is 0.478. The van der Waals surface area contributed by atoms with Crippen molar-refractivity contribution in [3.63, 3.8) is 0 Å². The Hall–Kier alpha value is -1.09. The minimum absolute atomic E-state index is 0.478. The normalized spacial score (nSPS) is 13.7. The van der Waals surface area contributed by atoms with Crippen molar-refractivity contribution in [3.8, 4) is 0 Å². The average Bonchev–Trinajstić information content (AvgIpc) is 2.45. The number of rotatable bonds is 6. The number of hydrogen-bond donors (Lipinski definition) is 1. The summed E-state index contributed by atoms with van der Waals surface area (Å²) in [5.41, 5.74) is 1.26. The van der Waals surface area contributed by atoms with Gasteiger partial charge in [-0.25, -0.2) is 0 Å². The highest BCUT2D eigenvalue weighted by molar-refractivity contribution is 7.80. The fraction of sp³-hybridized carbons (Fsp3) is 0.562. The van der Waals surface area contributed by atoms with Crippen molar-refractivity contribution in [1.29, 1.82) is 0 Å². The number of thiocarbonyl (C=S) groups is 1. The summed E-state index contributed by atoms with van der Waals surface area (Å²) in [6, 6.07) is 11.3. The fourth-order valence-electron chi connectivity index (χ4n) is 2.09. The van der Waals surface area contributed by atoms with Gasteiger partial charge in [-0.15, -0.1) is 0 Å². The van der Waals surface area contributed by atoms with Gasteiger partial charge in [0.2, 0.25) is 0 Å². The zero-order valence-electron chi connectivity index (χ0n) is 12.5. The van der Waals surface area contributed by atoms with Gasteiger partial charge in [0, 0.05) is 18.6 Å². The van der Waals surface area contributed by atoms with Gasteiger partial charge in [-0.3, -0.25) is 0 Å². The molecule has 0 aliphatic heterocycles. The van der Waals surface area contributed by atoms with E-state index in [0.29, 0.717) is 12.1 Å². The molecular formula is C16H26N2S. The van der Waals surface area contributed by atoms with Crippen LogP contribution in [0.2, 0.25) is 0 Å². The fourth-order valence-corrected chi connectivity index (χ4v) is 2.53. The molecule has 0 heterocycles. The predicted molar refractivity (Wildman–Crippen MR) is 87.2 cm³/mol. The summed E-state index contributed by atoms with van der Waals surface area (Å²) >= 11 is 5.57. The zero-order valence-corrected chi connectivity index (χ0v) is 13.3. The van der Waals surface area contributed by atoms with Gasteiger partial charge in [0.25, 0.3) is 0 Å². The lowest BCUT2D eigenvalue weighted by atomic mass is 10.1. The smallest absolute Gasteiger partial charge is 0.169 e. The molecule has 0 saturated carbocycles. The highest BCUT2D eigenvalue weighted by Crippen LogP contribution is 2.12. The van der Waals surface area contributed by atoms with Crippen LogP contribution in [0.5, 0.6) is 0 Å². The van der Waals surface area contributed by atoms with Gasteiger partial charge in [0.05, 0.1) is 0 Å². The molecule has 2 atom stereocenters. The molecule has 2 nitrogen and oxygen atoms in total. The van der Waals surface area contributed by atoms with Crippen molar-refractivity contribution in [2.24, 2.45) is 0 Å². The first-order chi connectivity index (χ1) is 9.10. The number of benzene rings is 1. The standard InChI is InChI=1S/C16H26N2S/c1-5-13(3)18(14(4)6-2)16(19)17-12-15-10-8-7-9-11-15/h7-11,13-14H,5-6,12H2,1-4H3,(H,17,19). The van der Waals surface area contributed by atoms with Crippen LogP contribution in [0.3, 0.4) is 0 Å². The van der Waals surface area contributed by atoms with Gasteiger partial charge in [-0.2, -0.15) is 0 Å². The van der Waals surface area contributed by atoms with Crippen LogP contribution in [0, 0.1) is 0 Å². The van der Waals surface area contributed by atoms with Crippen molar-refractivity contribution in [1.82, 2.24) is 10.2 Å². The quantitative estimate of drug-likeness (QED) is 0.793. The molecule has 0 amide bonds. The SMILES string of the molecule is CCC(C)N(C(=S)NCc1ccccc1)C(C)CC. The monoisotopic (exact) mass is 278 g/mol. The molecule has 106 valence electrons. The summed E-state index contributed by atoms with van der Waals surface area (Å²) < 4.78 is 0. The lowest BCUT2D eigenvalue weighted by Crippen LogP contribution is -2.49. The van der Waals surface area contributed by atoms with E-state index < -0.39 is 0 Å². The van der Waals surface area contributed by atoms with Crippen LogP contribution in [0.1, 0.15) is 46.1 Å². The van der Waals surface area contributed by atoms with E-state index in [2.05, 4.69) is 62.2 Å². The molecule has 0 aliphatic rings. The summed E-state index contributed by atoms with van der Waals surface area (Å²) in [6.45, 7) is 9.69. The van der Waals surface area contributed by atoms with Crippen LogP contribution in [-0.4, -0.2) is 22.1 Å². The molecule has 0 saturated heterocycles. The maximum Gasteiger partial charge on any atom is 0.169 e. The molecule has 1 aromatic rings. The van der Waals surface area contributed by atoms with Crippen molar-refractivity contribution < 1.29 is 0 Å². The van der Waals surface area contributed by atoms with E-state index in [1.807, 2.05) is 6.07 Å². The van der Waals surface area contributed by atoms with Crippen LogP contribution < -0.4 is 5.32 Å². The maximum absolute atomic E-state index is 5.57. The molecule has 0 fully saturated rings. The van der Waals surface area contributed by atoms with Crippen molar-refractivity contribution in [3.05, 3.63) is 35.9 Å². The highest BCUT2D eigenvalue weighted by atomic mass is 32.1. The summed E-state index contributed by atoms with van der Waals surface area (Å²) in [4.78, 5) is 2.33. The predicted octanol–water partition coefficient (Wildman–Crippen LogP) is 3.96. The zero-order chi connectivity index (χ0) is 14.3. The van der Waals surface area contributed by atoms with Gasteiger partial charge in [-0.05, 0) is 44.5 Å². The summed E-state index contributed by atoms with van der Waals surface area (Å²) in [5, 5.41) is 4.25. The molecule has 0 bridgehead atoms.